The molecule has 16 heteroatoms. The highest BCUT2D eigenvalue weighted by atomic mass is 32.1. The molecular weight excluding hydrogens is 549 g/mol. The van der Waals surface area contributed by atoms with Crippen molar-refractivity contribution in [3.05, 3.63) is 37.7 Å². The topological polar surface area (TPSA) is 132 Å². The lowest BCUT2D eigenvalue weighted by Crippen LogP contribution is -2.45. The summed E-state index contributed by atoms with van der Waals surface area (Å²) in [5.41, 5.74) is -1.23. The van der Waals surface area contributed by atoms with Crippen LogP contribution in [0.25, 0.3) is 11.8 Å². The average molecular weight is 574 g/mol. The molecule has 0 aromatic carbocycles. The van der Waals surface area contributed by atoms with Crippen LogP contribution in [0.1, 0.15) is 19.8 Å². The van der Waals surface area contributed by atoms with Crippen LogP contribution in [0.4, 0.5) is 33.6 Å². The number of amides is 2. The lowest BCUT2D eigenvalue weighted by molar-refractivity contribution is -0.135. The van der Waals surface area contributed by atoms with E-state index in [1.165, 1.54) is 23.2 Å². The van der Waals surface area contributed by atoms with Crippen molar-refractivity contribution < 1.29 is 31.5 Å². The van der Waals surface area contributed by atoms with Crippen LogP contribution in [0, 0.1) is 11.3 Å². The Bertz CT molecular complexity index is 1450. The third-order valence-electron chi connectivity index (χ3n) is 5.43. The number of hydrogen-bond acceptors (Lipinski definition) is 8. The number of carbonyl (C=O) groups is 2. The molecule has 0 bridgehead atoms. The highest BCUT2D eigenvalue weighted by Gasteiger charge is 2.35. The third kappa shape index (κ3) is 8.32. The number of nitriles is 1. The zero-order valence-electron chi connectivity index (χ0n) is 20.6. The second kappa shape index (κ2) is 12.3. The van der Waals surface area contributed by atoms with Gasteiger partial charge in [0.1, 0.15) is 33.4 Å². The van der Waals surface area contributed by atoms with E-state index in [0.717, 1.165) is 15.9 Å². The first-order valence-corrected chi connectivity index (χ1v) is 12.5. The summed E-state index contributed by atoms with van der Waals surface area (Å²) >= 11 is 0.725. The molecule has 0 spiro atoms. The maximum absolute atomic E-state index is 13.6. The molecule has 3 heterocycles. The van der Waals surface area contributed by atoms with Gasteiger partial charge in [-0.15, -0.1) is 11.3 Å². The molecule has 0 aliphatic carbocycles. The minimum absolute atomic E-state index is 0.0329. The third-order valence-corrected chi connectivity index (χ3v) is 6.56. The molecule has 0 radical (unpaired) electrons. The molecule has 3 rings (SSSR count). The first-order chi connectivity index (χ1) is 18.3. The molecule has 210 valence electrons. The van der Waals surface area contributed by atoms with Gasteiger partial charge < -0.3 is 16.0 Å². The zero-order chi connectivity index (χ0) is 28.8. The highest BCUT2D eigenvalue weighted by molar-refractivity contribution is 7.07. The summed E-state index contributed by atoms with van der Waals surface area (Å²) < 4.78 is 65.5. The number of hydrogen-bond donors (Lipinski definition) is 3. The molecule has 0 unspecified atom stereocenters. The molecule has 0 atom stereocenters. The summed E-state index contributed by atoms with van der Waals surface area (Å²) in [4.78, 5) is 42.8. The number of likely N-dealkylation sites (tertiary alicyclic amines) is 1. The van der Waals surface area contributed by atoms with Gasteiger partial charge in [0.2, 0.25) is 5.91 Å². The first-order valence-electron chi connectivity index (χ1n) is 11.6. The molecule has 2 aromatic rings. The van der Waals surface area contributed by atoms with Crippen molar-refractivity contribution in [3.8, 4) is 6.07 Å². The number of aromatic nitrogens is 2. The molecule has 1 fully saturated rings. The molecule has 3 N–H and O–H groups in total. The Kier molecular flexibility index (Phi) is 9.41. The monoisotopic (exact) mass is 573 g/mol. The Morgan fingerprint density at radius 2 is 2.00 bits per heavy atom. The molecule has 1 aliphatic rings. The Hall–Kier alpha value is -3.84. The number of carbonyl (C=O) groups excluding carboxylic acids is 2. The van der Waals surface area contributed by atoms with Crippen LogP contribution in [0.5, 0.6) is 0 Å². The quantitative estimate of drug-likeness (QED) is 0.405. The van der Waals surface area contributed by atoms with Gasteiger partial charge in [0, 0.05) is 19.2 Å². The normalized spacial score (nSPS) is 16.8. The molecule has 2 amide bonds. The Labute approximate surface area is 222 Å². The predicted molar refractivity (Wildman–Crippen MR) is 133 cm³/mol. The summed E-state index contributed by atoms with van der Waals surface area (Å²) in [5.74, 6) is -4.31. The Morgan fingerprint density at radius 1 is 1.28 bits per heavy atom. The SMILES string of the molecule is CCn1c(=C(C#N)C(=O)NCC(F)(F)F)sc(=CNc2cccc(NC(=O)CN3CCCC(F)(F)C3)n2)c1=O. The Morgan fingerprint density at radius 3 is 2.64 bits per heavy atom. The number of nitrogens with zero attached hydrogens (tertiary/aromatic N) is 4. The first kappa shape index (κ1) is 29.7. The standard InChI is InChI=1S/C23H24F5N7O3S/c1-2-35-20(38)15(39-21(35)14(9-29)19(37)31-12-23(26,27)28)10-30-16-5-3-6-17(32-16)33-18(36)11-34-8-4-7-22(24,25)13-34/h3,5-6,10H,2,4,7-8,11-13H2,1H3,(H,31,37)(H2,30,32,33,36). The van der Waals surface area contributed by atoms with E-state index in [9.17, 15) is 41.6 Å². The summed E-state index contributed by atoms with van der Waals surface area (Å²) in [7, 11) is 0. The highest BCUT2D eigenvalue weighted by Crippen LogP contribution is 2.26. The van der Waals surface area contributed by atoms with E-state index in [4.69, 9.17) is 0 Å². The fourth-order valence-corrected chi connectivity index (χ4v) is 4.83. The van der Waals surface area contributed by atoms with Gasteiger partial charge in [-0.05, 0) is 32.0 Å². The van der Waals surface area contributed by atoms with Gasteiger partial charge in [-0.25, -0.2) is 13.8 Å². The number of pyridine rings is 1. The second-order valence-corrected chi connectivity index (χ2v) is 9.55. The van der Waals surface area contributed by atoms with Gasteiger partial charge in [-0.3, -0.25) is 23.9 Å². The van der Waals surface area contributed by atoms with E-state index in [1.807, 2.05) is 0 Å². The van der Waals surface area contributed by atoms with E-state index < -0.39 is 48.1 Å². The summed E-state index contributed by atoms with van der Waals surface area (Å²) in [6.07, 6.45) is -3.37. The molecule has 1 aliphatic heterocycles. The molecular formula is C23H24F5N7O3S. The van der Waals surface area contributed by atoms with Gasteiger partial charge in [-0.1, -0.05) is 6.07 Å². The van der Waals surface area contributed by atoms with E-state index in [2.05, 4.69) is 15.6 Å². The van der Waals surface area contributed by atoms with E-state index in [-0.39, 0.29) is 46.8 Å². The summed E-state index contributed by atoms with van der Waals surface area (Å²) in [6.45, 7) is -0.390. The fraction of sp³-hybridized carbons (Fsp3) is 0.435. The molecule has 10 nitrogen and oxygen atoms in total. The van der Waals surface area contributed by atoms with Crippen LogP contribution in [0.15, 0.2) is 23.0 Å². The maximum atomic E-state index is 13.6. The van der Waals surface area contributed by atoms with Crippen LogP contribution < -0.4 is 30.7 Å². The van der Waals surface area contributed by atoms with Crippen molar-refractivity contribution in [1.29, 1.82) is 5.26 Å². The molecule has 39 heavy (non-hydrogen) atoms. The number of alkyl halides is 5. The predicted octanol–water partition coefficient (Wildman–Crippen LogP) is 1.20. The lowest BCUT2D eigenvalue weighted by atomic mass is 10.1. The van der Waals surface area contributed by atoms with Crippen molar-refractivity contribution in [1.82, 2.24) is 19.8 Å². The van der Waals surface area contributed by atoms with Gasteiger partial charge in [0.15, 0.2) is 5.57 Å². The Balaban J connectivity index is 1.78. The lowest BCUT2D eigenvalue weighted by Gasteiger charge is -2.31. The van der Waals surface area contributed by atoms with Crippen molar-refractivity contribution in [2.24, 2.45) is 0 Å². The smallest absolute Gasteiger partial charge is 0.345 e. The van der Waals surface area contributed by atoms with Crippen LogP contribution in [-0.2, 0) is 16.1 Å². The number of anilines is 2. The van der Waals surface area contributed by atoms with Crippen LogP contribution in [0.3, 0.4) is 0 Å². The van der Waals surface area contributed by atoms with E-state index in [1.54, 1.807) is 24.4 Å². The number of nitrogens with one attached hydrogen (secondary N) is 3. The van der Waals surface area contributed by atoms with Gasteiger partial charge in [0.05, 0.1) is 13.1 Å². The van der Waals surface area contributed by atoms with Gasteiger partial charge in [0.25, 0.3) is 17.4 Å². The number of halogens is 5. The van der Waals surface area contributed by atoms with E-state index >= 15 is 0 Å². The van der Waals surface area contributed by atoms with Crippen molar-refractivity contribution in [2.75, 3.05) is 36.8 Å². The minimum Gasteiger partial charge on any atom is -0.345 e. The summed E-state index contributed by atoms with van der Waals surface area (Å²) in [6, 6.07) is 6.10. The number of piperidine rings is 1. The maximum Gasteiger partial charge on any atom is 0.405 e. The van der Waals surface area contributed by atoms with Crippen LogP contribution >= 0.6 is 11.3 Å². The van der Waals surface area contributed by atoms with E-state index in [0.29, 0.717) is 6.54 Å². The summed E-state index contributed by atoms with van der Waals surface area (Å²) in [5, 5.41) is 16.3. The van der Waals surface area contributed by atoms with Crippen molar-refractivity contribution in [3.63, 3.8) is 0 Å². The number of rotatable bonds is 8. The molecule has 1 saturated heterocycles. The largest absolute Gasteiger partial charge is 0.405 e. The fourth-order valence-electron chi connectivity index (χ4n) is 3.75. The van der Waals surface area contributed by atoms with Crippen LogP contribution in [0.2, 0.25) is 0 Å². The average Bonchev–Trinajstić information content (AvgIpc) is 3.15. The molecule has 2 aromatic heterocycles. The molecule has 0 saturated carbocycles. The van der Waals surface area contributed by atoms with Crippen molar-refractivity contribution in [2.45, 2.75) is 38.4 Å². The number of thiazole rings is 1. The second-order valence-electron chi connectivity index (χ2n) is 8.52. The van der Waals surface area contributed by atoms with Gasteiger partial charge in [-0.2, -0.15) is 18.4 Å². The minimum atomic E-state index is -4.68. The van der Waals surface area contributed by atoms with Crippen LogP contribution in [-0.4, -0.2) is 64.5 Å². The van der Waals surface area contributed by atoms with Crippen molar-refractivity contribution >= 4 is 46.6 Å². The van der Waals surface area contributed by atoms with Gasteiger partial charge >= 0.3 is 6.18 Å². The zero-order valence-corrected chi connectivity index (χ0v) is 21.4.